The van der Waals surface area contributed by atoms with Crippen molar-refractivity contribution in [3.63, 3.8) is 0 Å². The molecule has 0 radical (unpaired) electrons. The molecule has 0 aliphatic heterocycles. The molecule has 1 aromatic carbocycles. The van der Waals surface area contributed by atoms with Crippen LogP contribution in [0.4, 0.5) is 4.79 Å². The van der Waals surface area contributed by atoms with Crippen molar-refractivity contribution in [2.24, 2.45) is 5.73 Å². The zero-order valence-electron chi connectivity index (χ0n) is 13.6. The lowest BCUT2D eigenvalue weighted by atomic mass is 9.85. The highest BCUT2D eigenvalue weighted by atomic mass is 16.6. The molecule has 4 N–H and O–H groups in total. The van der Waals surface area contributed by atoms with Crippen molar-refractivity contribution < 1.29 is 9.53 Å². The van der Waals surface area contributed by atoms with Crippen LogP contribution in [-0.2, 0) is 10.2 Å². The number of rotatable bonds is 4. The number of hydrogen-bond acceptors (Lipinski definition) is 4. The summed E-state index contributed by atoms with van der Waals surface area (Å²) in [7, 11) is 0. The number of nitrogens with zero attached hydrogens (tertiary/aromatic N) is 1. The van der Waals surface area contributed by atoms with Gasteiger partial charge in [0.15, 0.2) is 0 Å². The number of carbonyl (C=O) groups is 1. The first-order chi connectivity index (χ1) is 10.2. The smallest absolute Gasteiger partial charge is 0.407 e. The molecular weight excluding hydrogens is 280 g/mol. The highest BCUT2D eigenvalue weighted by molar-refractivity contribution is 5.82. The summed E-state index contributed by atoms with van der Waals surface area (Å²) in [4.78, 5) is 11.9. The monoisotopic (exact) mass is 304 g/mol. The Morgan fingerprint density at radius 2 is 2.00 bits per heavy atom. The van der Waals surface area contributed by atoms with Crippen LogP contribution in [0.25, 0.3) is 10.9 Å². The molecule has 1 aromatic heterocycles. The maximum atomic E-state index is 11.9. The molecule has 0 fully saturated rings. The molecule has 0 aliphatic rings. The van der Waals surface area contributed by atoms with E-state index >= 15 is 0 Å². The van der Waals surface area contributed by atoms with Gasteiger partial charge in [-0.3, -0.25) is 5.10 Å². The first-order valence-corrected chi connectivity index (χ1v) is 7.36. The van der Waals surface area contributed by atoms with Crippen molar-refractivity contribution in [1.29, 1.82) is 0 Å². The van der Waals surface area contributed by atoms with Crippen LogP contribution >= 0.6 is 0 Å². The maximum Gasteiger partial charge on any atom is 0.407 e. The van der Waals surface area contributed by atoms with Crippen LogP contribution in [0.2, 0.25) is 0 Å². The van der Waals surface area contributed by atoms with Crippen molar-refractivity contribution >= 4 is 17.0 Å². The Morgan fingerprint density at radius 1 is 1.32 bits per heavy atom. The van der Waals surface area contributed by atoms with Crippen LogP contribution in [-0.4, -0.2) is 35.0 Å². The SMILES string of the molecule is CC(C)(C)OC(=O)NCC(C)(CN)c1[nH]nc2ccccc12. The van der Waals surface area contributed by atoms with Crippen LogP contribution < -0.4 is 11.1 Å². The Balaban J connectivity index is 2.17. The summed E-state index contributed by atoms with van der Waals surface area (Å²) in [5, 5.41) is 11.2. The number of hydrogen-bond donors (Lipinski definition) is 3. The average Bonchev–Trinajstić information content (AvgIpc) is 2.87. The lowest BCUT2D eigenvalue weighted by molar-refractivity contribution is 0.0516. The summed E-state index contributed by atoms with van der Waals surface area (Å²) < 4.78 is 5.27. The second-order valence-electron chi connectivity index (χ2n) is 6.74. The molecule has 0 spiro atoms. The Labute approximate surface area is 130 Å². The van der Waals surface area contributed by atoms with E-state index in [9.17, 15) is 4.79 Å². The van der Waals surface area contributed by atoms with Gasteiger partial charge in [-0.2, -0.15) is 5.10 Å². The fourth-order valence-electron chi connectivity index (χ4n) is 2.26. The second kappa shape index (κ2) is 5.96. The minimum absolute atomic E-state index is 0.366. The number of aromatic nitrogens is 2. The predicted octanol–water partition coefficient (Wildman–Crippen LogP) is 2.30. The quantitative estimate of drug-likeness (QED) is 0.808. The predicted molar refractivity (Wildman–Crippen MR) is 86.7 cm³/mol. The number of nitrogens with one attached hydrogen (secondary N) is 2. The topological polar surface area (TPSA) is 93.0 Å². The van der Waals surface area contributed by atoms with Gasteiger partial charge in [-0.25, -0.2) is 4.79 Å². The van der Waals surface area contributed by atoms with Crippen LogP contribution in [0, 0.1) is 0 Å². The van der Waals surface area contributed by atoms with Gasteiger partial charge >= 0.3 is 6.09 Å². The third kappa shape index (κ3) is 3.57. The molecule has 120 valence electrons. The normalized spacial score (nSPS) is 14.6. The Bertz CT molecular complexity index is 659. The molecule has 1 heterocycles. The number of nitrogens with two attached hydrogens (primary N) is 1. The summed E-state index contributed by atoms with van der Waals surface area (Å²) >= 11 is 0. The fraction of sp³-hybridized carbons (Fsp3) is 0.500. The summed E-state index contributed by atoms with van der Waals surface area (Å²) in [6.45, 7) is 8.22. The fourth-order valence-corrected chi connectivity index (χ4v) is 2.26. The van der Waals surface area contributed by atoms with E-state index in [1.807, 2.05) is 52.0 Å². The van der Waals surface area contributed by atoms with Gasteiger partial charge in [0.25, 0.3) is 0 Å². The number of carbonyl (C=O) groups excluding carboxylic acids is 1. The Morgan fingerprint density at radius 3 is 2.64 bits per heavy atom. The van der Waals surface area contributed by atoms with Gasteiger partial charge in [-0.15, -0.1) is 0 Å². The van der Waals surface area contributed by atoms with Gasteiger partial charge < -0.3 is 15.8 Å². The largest absolute Gasteiger partial charge is 0.444 e. The van der Waals surface area contributed by atoms with E-state index in [1.54, 1.807) is 0 Å². The van der Waals surface area contributed by atoms with Crippen molar-refractivity contribution in [3.05, 3.63) is 30.0 Å². The highest BCUT2D eigenvalue weighted by Gasteiger charge is 2.30. The van der Waals surface area contributed by atoms with Gasteiger partial charge in [0.05, 0.1) is 11.2 Å². The molecule has 6 heteroatoms. The first kappa shape index (κ1) is 16.3. The average molecular weight is 304 g/mol. The lowest BCUT2D eigenvalue weighted by Crippen LogP contribution is -2.45. The van der Waals surface area contributed by atoms with Gasteiger partial charge in [-0.05, 0) is 26.8 Å². The van der Waals surface area contributed by atoms with Crippen LogP contribution in [0.15, 0.2) is 24.3 Å². The molecule has 2 rings (SSSR count). The molecule has 1 atom stereocenters. The number of aromatic amines is 1. The molecule has 1 amide bonds. The van der Waals surface area contributed by atoms with Crippen LogP contribution in [0.3, 0.4) is 0 Å². The van der Waals surface area contributed by atoms with Gasteiger partial charge in [0.2, 0.25) is 0 Å². The molecular formula is C16H24N4O2. The molecule has 0 bridgehead atoms. The molecule has 0 saturated heterocycles. The van der Waals surface area contributed by atoms with E-state index in [0.717, 1.165) is 16.6 Å². The summed E-state index contributed by atoms with van der Waals surface area (Å²) in [5.74, 6) is 0. The first-order valence-electron chi connectivity index (χ1n) is 7.36. The number of alkyl carbamates (subject to hydrolysis) is 1. The summed E-state index contributed by atoms with van der Waals surface area (Å²) in [6.07, 6.45) is -0.448. The number of H-pyrrole nitrogens is 1. The van der Waals surface area contributed by atoms with Gasteiger partial charge in [0, 0.05) is 23.9 Å². The van der Waals surface area contributed by atoms with Crippen molar-refractivity contribution in [3.8, 4) is 0 Å². The Kier molecular flexibility index (Phi) is 4.42. The van der Waals surface area contributed by atoms with Crippen molar-refractivity contribution in [2.75, 3.05) is 13.1 Å². The van der Waals surface area contributed by atoms with E-state index < -0.39 is 17.1 Å². The molecule has 0 saturated carbocycles. The number of benzene rings is 1. The standard InChI is InChI=1S/C16H24N4O2/c1-15(2,3)22-14(21)18-10-16(4,9-17)13-11-7-5-6-8-12(11)19-20-13/h5-8H,9-10,17H2,1-4H3,(H,18,21)(H,19,20). The minimum Gasteiger partial charge on any atom is -0.444 e. The Hall–Kier alpha value is -2.08. The third-order valence-corrected chi connectivity index (χ3v) is 3.54. The number of para-hydroxylation sites is 1. The van der Waals surface area contributed by atoms with Crippen molar-refractivity contribution in [2.45, 2.75) is 38.7 Å². The summed E-state index contributed by atoms with van der Waals surface area (Å²) in [6, 6.07) is 7.83. The molecule has 2 aromatic rings. The minimum atomic E-state index is -0.524. The summed E-state index contributed by atoms with van der Waals surface area (Å²) in [5.41, 5.74) is 6.79. The molecule has 1 unspecified atom stereocenters. The third-order valence-electron chi connectivity index (χ3n) is 3.54. The van der Waals surface area contributed by atoms with E-state index in [4.69, 9.17) is 10.5 Å². The zero-order chi connectivity index (χ0) is 16.4. The van der Waals surface area contributed by atoms with E-state index in [-0.39, 0.29) is 0 Å². The number of ether oxygens (including phenoxy) is 1. The zero-order valence-corrected chi connectivity index (χ0v) is 13.6. The second-order valence-corrected chi connectivity index (χ2v) is 6.74. The number of amides is 1. The van der Waals surface area contributed by atoms with E-state index in [1.165, 1.54) is 0 Å². The maximum absolute atomic E-state index is 11.9. The highest BCUT2D eigenvalue weighted by Crippen LogP contribution is 2.27. The lowest BCUT2D eigenvalue weighted by Gasteiger charge is -2.28. The molecule has 22 heavy (non-hydrogen) atoms. The van der Waals surface area contributed by atoms with Gasteiger partial charge in [-0.1, -0.05) is 25.1 Å². The molecule has 0 aliphatic carbocycles. The number of fused-ring (bicyclic) bond motifs is 1. The molecule has 6 nitrogen and oxygen atoms in total. The van der Waals surface area contributed by atoms with Crippen LogP contribution in [0.5, 0.6) is 0 Å². The van der Waals surface area contributed by atoms with E-state index in [2.05, 4.69) is 15.5 Å². The van der Waals surface area contributed by atoms with E-state index in [0.29, 0.717) is 13.1 Å². The van der Waals surface area contributed by atoms with Crippen molar-refractivity contribution in [1.82, 2.24) is 15.5 Å². The van der Waals surface area contributed by atoms with Crippen LogP contribution in [0.1, 0.15) is 33.4 Å². The van der Waals surface area contributed by atoms with Gasteiger partial charge in [0.1, 0.15) is 5.60 Å².